The first-order chi connectivity index (χ1) is 7.00. The number of nitrogens with zero attached hydrogens (tertiary/aromatic N) is 1. The molecule has 3 N–H and O–H groups in total. The number of carbonyl (C=O) groups is 1. The van der Waals surface area contributed by atoms with Crippen molar-refractivity contribution in [1.29, 1.82) is 0 Å². The summed E-state index contributed by atoms with van der Waals surface area (Å²) in [5.41, 5.74) is 7.00. The number of carbonyl (C=O) groups excluding carboxylic acids is 1. The van der Waals surface area contributed by atoms with Crippen molar-refractivity contribution in [2.45, 2.75) is 6.92 Å². The van der Waals surface area contributed by atoms with E-state index in [1.807, 2.05) is 5.43 Å². The number of urea groups is 1. The number of nitrogens with one attached hydrogen (secondary N) is 1. The van der Waals surface area contributed by atoms with Gasteiger partial charge in [0.25, 0.3) is 0 Å². The molecule has 0 heterocycles. The summed E-state index contributed by atoms with van der Waals surface area (Å²) in [5, 5.41) is 3.36. The maximum atomic E-state index is 13.1. The third-order valence-electron chi connectivity index (χ3n) is 1.66. The maximum Gasteiger partial charge on any atom is 0.332 e. The Balaban J connectivity index is 2.90. The topological polar surface area (TPSA) is 67.5 Å². The van der Waals surface area contributed by atoms with E-state index in [4.69, 9.17) is 5.73 Å². The first-order valence-electron chi connectivity index (χ1n) is 4.05. The predicted molar refractivity (Wildman–Crippen MR) is 51.4 cm³/mol. The van der Waals surface area contributed by atoms with Crippen LogP contribution in [-0.2, 0) is 0 Å². The van der Waals surface area contributed by atoms with E-state index in [1.54, 1.807) is 0 Å². The second kappa shape index (κ2) is 4.50. The van der Waals surface area contributed by atoms with Crippen LogP contribution in [0.15, 0.2) is 17.2 Å². The predicted octanol–water partition coefficient (Wildman–Crippen LogP) is 1.28. The summed E-state index contributed by atoms with van der Waals surface area (Å²) in [6.07, 6.45) is 1.05. The molecular formula is C9H9F2N3O. The van der Waals surface area contributed by atoms with Gasteiger partial charge in [0.1, 0.15) is 11.6 Å². The molecule has 80 valence electrons. The smallest absolute Gasteiger partial charge is 0.332 e. The molecule has 0 radical (unpaired) electrons. The van der Waals surface area contributed by atoms with Gasteiger partial charge in [-0.3, -0.25) is 0 Å². The highest BCUT2D eigenvalue weighted by Crippen LogP contribution is 2.12. The summed E-state index contributed by atoms with van der Waals surface area (Å²) in [7, 11) is 0. The molecule has 0 fully saturated rings. The molecule has 0 aromatic heterocycles. The van der Waals surface area contributed by atoms with E-state index >= 15 is 0 Å². The summed E-state index contributed by atoms with van der Waals surface area (Å²) in [4.78, 5) is 10.2. The zero-order valence-corrected chi connectivity index (χ0v) is 7.92. The van der Waals surface area contributed by atoms with Crippen LogP contribution < -0.4 is 11.2 Å². The van der Waals surface area contributed by atoms with Crippen molar-refractivity contribution in [3.63, 3.8) is 0 Å². The van der Waals surface area contributed by atoms with E-state index in [1.165, 1.54) is 13.0 Å². The normalized spacial score (nSPS) is 10.6. The molecule has 0 aliphatic carbocycles. The van der Waals surface area contributed by atoms with Gasteiger partial charge in [-0.25, -0.2) is 19.0 Å². The zero-order valence-electron chi connectivity index (χ0n) is 7.92. The monoisotopic (exact) mass is 213 g/mol. The zero-order chi connectivity index (χ0) is 11.4. The molecule has 15 heavy (non-hydrogen) atoms. The lowest BCUT2D eigenvalue weighted by atomic mass is 10.1. The summed E-state index contributed by atoms with van der Waals surface area (Å²) in [6, 6.07) is 1.17. The third-order valence-corrected chi connectivity index (χ3v) is 1.66. The van der Waals surface area contributed by atoms with Crippen LogP contribution >= 0.6 is 0 Å². The number of benzene rings is 1. The second-order valence-electron chi connectivity index (χ2n) is 2.86. The standard InChI is InChI=1S/C9H9F2N3O/c1-5-2-6(4-13-14-9(12)15)8(11)3-7(5)10/h2-4H,1H3,(H3,12,14,15). The lowest BCUT2D eigenvalue weighted by molar-refractivity contribution is 0.249. The Labute approximate surface area is 84.8 Å². The average Bonchev–Trinajstić information content (AvgIpc) is 2.13. The van der Waals surface area contributed by atoms with E-state index in [-0.39, 0.29) is 11.1 Å². The Morgan fingerprint density at radius 3 is 2.73 bits per heavy atom. The molecule has 0 saturated heterocycles. The number of hydrogen-bond donors (Lipinski definition) is 2. The van der Waals surface area contributed by atoms with Crippen LogP contribution in [0.1, 0.15) is 11.1 Å². The first kappa shape index (κ1) is 11.1. The fourth-order valence-corrected chi connectivity index (χ4v) is 0.944. The van der Waals surface area contributed by atoms with Gasteiger partial charge in [0.15, 0.2) is 0 Å². The number of primary amides is 1. The molecule has 1 aromatic rings. The van der Waals surface area contributed by atoms with Gasteiger partial charge in [0, 0.05) is 11.6 Å². The van der Waals surface area contributed by atoms with Crippen molar-refractivity contribution in [1.82, 2.24) is 5.43 Å². The molecule has 0 aliphatic rings. The number of rotatable bonds is 2. The maximum absolute atomic E-state index is 13.1. The summed E-state index contributed by atoms with van der Waals surface area (Å²) >= 11 is 0. The van der Waals surface area contributed by atoms with E-state index in [0.717, 1.165) is 12.3 Å². The summed E-state index contributed by atoms with van der Waals surface area (Å²) in [6.45, 7) is 1.49. The fraction of sp³-hybridized carbons (Fsp3) is 0.111. The molecule has 1 aromatic carbocycles. The van der Waals surface area contributed by atoms with Gasteiger partial charge in [0.05, 0.1) is 6.21 Å². The van der Waals surface area contributed by atoms with Crippen LogP contribution in [-0.4, -0.2) is 12.2 Å². The molecule has 0 spiro atoms. The second-order valence-corrected chi connectivity index (χ2v) is 2.86. The summed E-state index contributed by atoms with van der Waals surface area (Å²) < 4.78 is 25.9. The molecule has 0 saturated carbocycles. The minimum Gasteiger partial charge on any atom is -0.350 e. The van der Waals surface area contributed by atoms with Crippen LogP contribution in [0.4, 0.5) is 13.6 Å². The number of halogens is 2. The molecule has 0 atom stereocenters. The van der Waals surface area contributed by atoms with E-state index in [2.05, 4.69) is 5.10 Å². The number of amides is 2. The minimum atomic E-state index is -0.856. The first-order valence-corrected chi connectivity index (χ1v) is 4.05. The molecular weight excluding hydrogens is 204 g/mol. The van der Waals surface area contributed by atoms with Crippen molar-refractivity contribution < 1.29 is 13.6 Å². The number of hydrazone groups is 1. The van der Waals surface area contributed by atoms with Crippen LogP contribution in [0.25, 0.3) is 0 Å². The molecule has 6 heteroatoms. The van der Waals surface area contributed by atoms with Crippen molar-refractivity contribution >= 4 is 12.2 Å². The molecule has 0 unspecified atom stereocenters. The van der Waals surface area contributed by atoms with Crippen LogP contribution in [0.5, 0.6) is 0 Å². The lowest BCUT2D eigenvalue weighted by Gasteiger charge is -2.00. The highest BCUT2D eigenvalue weighted by molar-refractivity contribution is 5.82. The van der Waals surface area contributed by atoms with Crippen LogP contribution in [0, 0.1) is 18.6 Å². The highest BCUT2D eigenvalue weighted by Gasteiger charge is 2.04. The van der Waals surface area contributed by atoms with Crippen LogP contribution in [0.3, 0.4) is 0 Å². The van der Waals surface area contributed by atoms with Gasteiger partial charge >= 0.3 is 6.03 Å². The Morgan fingerprint density at radius 2 is 2.13 bits per heavy atom. The van der Waals surface area contributed by atoms with E-state index in [0.29, 0.717) is 0 Å². The molecule has 2 amide bonds. The quantitative estimate of drug-likeness (QED) is 0.564. The molecule has 0 aliphatic heterocycles. The molecule has 1 rings (SSSR count). The largest absolute Gasteiger partial charge is 0.350 e. The van der Waals surface area contributed by atoms with Gasteiger partial charge in [-0.15, -0.1) is 0 Å². The number of nitrogens with two attached hydrogens (primary N) is 1. The van der Waals surface area contributed by atoms with Crippen LogP contribution in [0.2, 0.25) is 0 Å². The third kappa shape index (κ3) is 3.01. The fourth-order valence-electron chi connectivity index (χ4n) is 0.944. The SMILES string of the molecule is Cc1cc(C=NNC(N)=O)c(F)cc1F. The molecule has 4 nitrogen and oxygen atoms in total. The van der Waals surface area contributed by atoms with E-state index in [9.17, 15) is 13.6 Å². The summed E-state index contributed by atoms with van der Waals surface area (Å²) in [5.74, 6) is -1.39. The average molecular weight is 213 g/mol. The van der Waals surface area contributed by atoms with E-state index < -0.39 is 17.7 Å². The highest BCUT2D eigenvalue weighted by atomic mass is 19.1. The minimum absolute atomic E-state index is 0.0719. The Morgan fingerprint density at radius 1 is 1.47 bits per heavy atom. The van der Waals surface area contributed by atoms with Crippen molar-refractivity contribution in [3.05, 3.63) is 34.9 Å². The van der Waals surface area contributed by atoms with Gasteiger partial charge < -0.3 is 5.73 Å². The van der Waals surface area contributed by atoms with Gasteiger partial charge in [-0.1, -0.05) is 0 Å². The Kier molecular flexibility index (Phi) is 3.33. The van der Waals surface area contributed by atoms with Gasteiger partial charge in [-0.2, -0.15) is 5.10 Å². The Hall–Kier alpha value is -1.98. The van der Waals surface area contributed by atoms with Gasteiger partial charge in [-0.05, 0) is 18.6 Å². The van der Waals surface area contributed by atoms with Crippen molar-refractivity contribution in [2.75, 3.05) is 0 Å². The van der Waals surface area contributed by atoms with Crippen molar-refractivity contribution in [3.8, 4) is 0 Å². The lowest BCUT2D eigenvalue weighted by Crippen LogP contribution is -2.24. The Bertz CT molecular complexity index is 418. The number of aryl methyl sites for hydroxylation is 1. The van der Waals surface area contributed by atoms with Gasteiger partial charge in [0.2, 0.25) is 0 Å². The van der Waals surface area contributed by atoms with Crippen molar-refractivity contribution in [2.24, 2.45) is 10.8 Å². The molecule has 0 bridgehead atoms. The number of hydrogen-bond acceptors (Lipinski definition) is 2.